The van der Waals surface area contributed by atoms with E-state index in [1.807, 2.05) is 0 Å². The molecule has 0 radical (unpaired) electrons. The lowest BCUT2D eigenvalue weighted by atomic mass is 10.0. The quantitative estimate of drug-likeness (QED) is 0.215. The molecule has 2 nitrogen and oxygen atoms in total. The van der Waals surface area contributed by atoms with E-state index in [4.69, 9.17) is 0 Å². The van der Waals surface area contributed by atoms with Crippen LogP contribution in [-0.2, 0) is 0 Å². The van der Waals surface area contributed by atoms with Gasteiger partial charge in [-0.15, -0.1) is 0 Å². The van der Waals surface area contributed by atoms with Gasteiger partial charge in [-0.3, -0.25) is 0 Å². The summed E-state index contributed by atoms with van der Waals surface area (Å²) in [5.41, 5.74) is 7.47. The average Bonchev–Trinajstić information content (AvgIpc) is 3.46. The third kappa shape index (κ3) is 2.09. The number of fused-ring (bicyclic) bond motifs is 12. The molecule has 36 heavy (non-hydrogen) atoms. The van der Waals surface area contributed by atoms with Crippen molar-refractivity contribution in [3.05, 3.63) is 121 Å². The minimum absolute atomic E-state index is 1.22. The molecule has 0 aliphatic rings. The summed E-state index contributed by atoms with van der Waals surface area (Å²) in [6, 6.07) is 44.6. The Labute approximate surface area is 206 Å². The SMILES string of the molecule is c1ccc2c(c1)ccc1c2c2cccc3c2n1c1ccccc1c1cccc2c4ccccc4n3c21. The van der Waals surface area contributed by atoms with Crippen molar-refractivity contribution in [1.82, 2.24) is 8.80 Å². The zero-order chi connectivity index (χ0) is 23.4. The van der Waals surface area contributed by atoms with Crippen LogP contribution in [-0.4, -0.2) is 8.80 Å². The van der Waals surface area contributed by atoms with Crippen LogP contribution in [0.15, 0.2) is 121 Å². The number of rotatable bonds is 0. The molecule has 0 atom stereocenters. The van der Waals surface area contributed by atoms with Crippen molar-refractivity contribution < 1.29 is 0 Å². The van der Waals surface area contributed by atoms with Crippen LogP contribution in [0.1, 0.15) is 0 Å². The van der Waals surface area contributed by atoms with E-state index in [0.717, 1.165) is 0 Å². The lowest BCUT2D eigenvalue weighted by molar-refractivity contribution is 1.30. The van der Waals surface area contributed by atoms with E-state index >= 15 is 0 Å². The first-order chi connectivity index (χ1) is 17.9. The Morgan fingerprint density at radius 1 is 0.306 bits per heavy atom. The number of aromatic nitrogens is 2. The Hall–Kier alpha value is -4.82. The van der Waals surface area contributed by atoms with Crippen molar-refractivity contribution in [3.8, 4) is 0 Å². The first-order valence-electron chi connectivity index (χ1n) is 12.5. The van der Waals surface area contributed by atoms with E-state index in [1.54, 1.807) is 0 Å². The van der Waals surface area contributed by atoms with Crippen LogP contribution < -0.4 is 0 Å². The Kier molecular flexibility index (Phi) is 3.31. The van der Waals surface area contributed by atoms with Crippen molar-refractivity contribution in [2.24, 2.45) is 0 Å². The van der Waals surface area contributed by atoms with Crippen LogP contribution in [0, 0.1) is 0 Å². The van der Waals surface area contributed by atoms with Crippen molar-refractivity contribution in [1.29, 1.82) is 0 Å². The van der Waals surface area contributed by atoms with Gasteiger partial charge in [0.15, 0.2) is 0 Å². The normalized spacial score (nSPS) is 12.4. The van der Waals surface area contributed by atoms with E-state index in [0.29, 0.717) is 0 Å². The average molecular weight is 457 g/mol. The number of para-hydroxylation sites is 4. The molecule has 3 heterocycles. The van der Waals surface area contributed by atoms with E-state index < -0.39 is 0 Å². The predicted molar refractivity (Wildman–Crippen MR) is 153 cm³/mol. The zero-order valence-corrected chi connectivity index (χ0v) is 19.4. The van der Waals surface area contributed by atoms with Crippen LogP contribution in [0.4, 0.5) is 0 Å². The molecule has 6 aromatic carbocycles. The van der Waals surface area contributed by atoms with Gasteiger partial charge < -0.3 is 8.80 Å². The molecule has 0 unspecified atom stereocenters. The molecule has 0 aliphatic carbocycles. The monoisotopic (exact) mass is 456 g/mol. The fourth-order valence-electron chi connectivity index (χ4n) is 6.63. The maximum absolute atomic E-state index is 2.50. The van der Waals surface area contributed by atoms with Crippen molar-refractivity contribution in [2.75, 3.05) is 0 Å². The fourth-order valence-corrected chi connectivity index (χ4v) is 6.63. The predicted octanol–water partition coefficient (Wildman–Crippen LogP) is 9.11. The van der Waals surface area contributed by atoms with Crippen LogP contribution in [0.25, 0.3) is 76.2 Å². The molecule has 3 aromatic heterocycles. The van der Waals surface area contributed by atoms with Gasteiger partial charge >= 0.3 is 0 Å². The summed E-state index contributed by atoms with van der Waals surface area (Å²) in [4.78, 5) is 0. The van der Waals surface area contributed by atoms with Crippen LogP contribution >= 0.6 is 0 Å². The van der Waals surface area contributed by atoms with Crippen molar-refractivity contribution in [3.63, 3.8) is 0 Å². The molecule has 9 aromatic rings. The van der Waals surface area contributed by atoms with E-state index in [1.165, 1.54) is 76.2 Å². The molecule has 2 heteroatoms. The van der Waals surface area contributed by atoms with Gasteiger partial charge in [0.25, 0.3) is 0 Å². The van der Waals surface area contributed by atoms with Gasteiger partial charge in [0.05, 0.1) is 33.1 Å². The highest BCUT2D eigenvalue weighted by molar-refractivity contribution is 6.27. The second-order valence-electron chi connectivity index (χ2n) is 9.76. The van der Waals surface area contributed by atoms with Gasteiger partial charge in [0, 0.05) is 32.3 Å². The highest BCUT2D eigenvalue weighted by Crippen LogP contribution is 2.41. The van der Waals surface area contributed by atoms with Gasteiger partial charge in [-0.05, 0) is 35.0 Å². The Bertz CT molecular complexity index is 2370. The fraction of sp³-hybridized carbons (Fsp3) is 0. The second-order valence-corrected chi connectivity index (χ2v) is 9.76. The molecule has 0 spiro atoms. The number of benzene rings is 6. The molecule has 0 saturated heterocycles. The topological polar surface area (TPSA) is 8.82 Å². The van der Waals surface area contributed by atoms with Crippen molar-refractivity contribution in [2.45, 2.75) is 0 Å². The van der Waals surface area contributed by atoms with Gasteiger partial charge in [0.2, 0.25) is 0 Å². The molecule has 0 bridgehead atoms. The summed E-state index contributed by atoms with van der Waals surface area (Å²) in [7, 11) is 0. The smallest absolute Gasteiger partial charge is 0.0782 e. The highest BCUT2D eigenvalue weighted by Gasteiger charge is 2.19. The molecule has 9 rings (SSSR count). The van der Waals surface area contributed by atoms with E-state index in [-0.39, 0.29) is 0 Å². The first kappa shape index (κ1) is 18.5. The minimum Gasteiger partial charge on any atom is -0.307 e. The maximum Gasteiger partial charge on any atom is 0.0782 e. The summed E-state index contributed by atoms with van der Waals surface area (Å²) < 4.78 is 4.99. The molecular formula is C34H20N2. The summed E-state index contributed by atoms with van der Waals surface area (Å²) in [6.45, 7) is 0. The number of nitrogens with zero attached hydrogens (tertiary/aromatic N) is 2. The van der Waals surface area contributed by atoms with E-state index in [2.05, 4.69) is 130 Å². The van der Waals surface area contributed by atoms with Crippen LogP contribution in [0.3, 0.4) is 0 Å². The van der Waals surface area contributed by atoms with E-state index in [9.17, 15) is 0 Å². The van der Waals surface area contributed by atoms with Gasteiger partial charge in [-0.2, -0.15) is 0 Å². The van der Waals surface area contributed by atoms with Gasteiger partial charge in [0.1, 0.15) is 0 Å². The molecule has 0 saturated carbocycles. The van der Waals surface area contributed by atoms with Crippen LogP contribution in [0.5, 0.6) is 0 Å². The lowest BCUT2D eigenvalue weighted by Gasteiger charge is -2.10. The third-order valence-corrected chi connectivity index (χ3v) is 8.03. The molecule has 166 valence electrons. The lowest BCUT2D eigenvalue weighted by Crippen LogP contribution is -1.93. The molecular weight excluding hydrogens is 436 g/mol. The number of hydrogen-bond donors (Lipinski definition) is 0. The molecule has 0 N–H and O–H groups in total. The molecule has 0 fully saturated rings. The zero-order valence-electron chi connectivity index (χ0n) is 19.4. The summed E-state index contributed by atoms with van der Waals surface area (Å²) in [5, 5.41) is 10.3. The van der Waals surface area contributed by atoms with Crippen LogP contribution in [0.2, 0.25) is 0 Å². The second kappa shape index (κ2) is 6.44. The summed E-state index contributed by atoms with van der Waals surface area (Å²) in [6.07, 6.45) is 0. The van der Waals surface area contributed by atoms with Crippen molar-refractivity contribution >= 4 is 76.2 Å². The minimum atomic E-state index is 1.22. The third-order valence-electron chi connectivity index (χ3n) is 8.03. The van der Waals surface area contributed by atoms with Gasteiger partial charge in [-0.1, -0.05) is 97.1 Å². The highest BCUT2D eigenvalue weighted by atomic mass is 15.0. The Morgan fingerprint density at radius 2 is 0.833 bits per heavy atom. The van der Waals surface area contributed by atoms with Gasteiger partial charge in [-0.25, -0.2) is 0 Å². The molecule has 0 aliphatic heterocycles. The molecule has 0 amide bonds. The Balaban J connectivity index is 1.78. The largest absolute Gasteiger partial charge is 0.307 e. The standard InChI is InChI=1S/C34H20N2/c1-2-10-22-21(9-1)19-20-30-32(22)27-15-8-18-31-34(27)35(30)28-16-5-3-11-23(28)25-13-7-14-26-24-12-4-6-17-29(24)36(31)33(25)26/h1-20H. The summed E-state index contributed by atoms with van der Waals surface area (Å²) in [5.74, 6) is 0. The first-order valence-corrected chi connectivity index (χ1v) is 12.5. The Morgan fingerprint density at radius 3 is 1.58 bits per heavy atom. The number of hydrogen-bond acceptors (Lipinski definition) is 0. The maximum atomic E-state index is 2.50. The summed E-state index contributed by atoms with van der Waals surface area (Å²) >= 11 is 0.